The Morgan fingerprint density at radius 1 is 1.73 bits per heavy atom. The highest BCUT2D eigenvalue weighted by molar-refractivity contribution is 5.84. The van der Waals surface area contributed by atoms with Crippen LogP contribution in [0, 0.1) is 0 Å². The van der Waals surface area contributed by atoms with Crippen LogP contribution in [0.2, 0.25) is 0 Å². The van der Waals surface area contributed by atoms with Crippen molar-refractivity contribution in [2.45, 2.75) is 25.3 Å². The van der Waals surface area contributed by atoms with E-state index in [1.165, 1.54) is 0 Å². The van der Waals surface area contributed by atoms with Crippen LogP contribution in [0.3, 0.4) is 0 Å². The number of nitrogens with zero attached hydrogens (tertiary/aromatic N) is 2. The summed E-state index contributed by atoms with van der Waals surface area (Å²) in [5.41, 5.74) is -0.0688. The molecule has 1 atom stereocenters. The Labute approximate surface area is 87.7 Å². The molecule has 1 aromatic heterocycles. The number of carboxylic acid groups (broad SMARTS) is 1. The molecule has 1 fully saturated rings. The minimum Gasteiger partial charge on any atom is -0.476 e. The first-order valence-corrected chi connectivity index (χ1v) is 4.97. The van der Waals surface area contributed by atoms with Crippen LogP contribution in [0.1, 0.15) is 30.3 Å². The van der Waals surface area contributed by atoms with Gasteiger partial charge >= 0.3 is 5.97 Å². The quantitative estimate of drug-likeness (QED) is 0.794. The van der Waals surface area contributed by atoms with Crippen molar-refractivity contribution in [3.8, 4) is 0 Å². The number of rotatable bonds is 2. The lowest BCUT2D eigenvalue weighted by molar-refractivity contribution is 0.00941. The van der Waals surface area contributed by atoms with Crippen molar-refractivity contribution in [3.05, 3.63) is 18.2 Å². The van der Waals surface area contributed by atoms with Crippen LogP contribution < -0.4 is 0 Å². The molecule has 5 nitrogen and oxygen atoms in total. The molecule has 1 saturated heterocycles. The molecule has 1 aliphatic heterocycles. The third kappa shape index (κ3) is 1.87. The van der Waals surface area contributed by atoms with Crippen molar-refractivity contribution in [2.75, 3.05) is 13.2 Å². The highest BCUT2D eigenvalue weighted by Gasteiger charge is 2.29. The lowest BCUT2D eigenvalue weighted by atomic mass is 9.95. The second-order valence-electron chi connectivity index (χ2n) is 4.12. The van der Waals surface area contributed by atoms with Crippen LogP contribution in [-0.4, -0.2) is 33.8 Å². The molecule has 1 aromatic rings. The third-order valence-corrected chi connectivity index (χ3v) is 2.84. The number of carbonyl (C=O) groups is 1. The first-order valence-electron chi connectivity index (χ1n) is 4.97. The third-order valence-electron chi connectivity index (χ3n) is 2.84. The van der Waals surface area contributed by atoms with Gasteiger partial charge in [-0.15, -0.1) is 0 Å². The second kappa shape index (κ2) is 3.66. The summed E-state index contributed by atoms with van der Waals surface area (Å²) >= 11 is 0. The first kappa shape index (κ1) is 10.2. The van der Waals surface area contributed by atoms with Gasteiger partial charge in [0.2, 0.25) is 0 Å². The summed E-state index contributed by atoms with van der Waals surface area (Å²) in [6.07, 6.45) is 5.12. The zero-order valence-electron chi connectivity index (χ0n) is 8.64. The van der Waals surface area contributed by atoms with Crippen molar-refractivity contribution >= 4 is 5.97 Å². The molecule has 0 aliphatic carbocycles. The van der Waals surface area contributed by atoms with E-state index in [9.17, 15) is 4.79 Å². The fraction of sp³-hybridized carbons (Fsp3) is 0.600. The summed E-state index contributed by atoms with van der Waals surface area (Å²) < 4.78 is 7.26. The van der Waals surface area contributed by atoms with E-state index < -0.39 is 5.97 Å². The normalized spacial score (nSPS) is 26.5. The number of ether oxygens (including phenoxy) is 1. The standard InChI is InChI=1S/C10H14N2O3/c1-10(3-2-4-15-6-10)12-5-8(9(13)14)11-7-12/h5,7H,2-4,6H2,1H3,(H,13,14). The second-order valence-corrected chi connectivity index (χ2v) is 4.12. The van der Waals surface area contributed by atoms with Crippen molar-refractivity contribution < 1.29 is 14.6 Å². The zero-order chi connectivity index (χ0) is 10.9. The van der Waals surface area contributed by atoms with Gasteiger partial charge in [-0.2, -0.15) is 0 Å². The Morgan fingerprint density at radius 2 is 2.53 bits per heavy atom. The number of hydrogen-bond acceptors (Lipinski definition) is 3. The van der Waals surface area contributed by atoms with Gasteiger partial charge in [-0.1, -0.05) is 0 Å². The largest absolute Gasteiger partial charge is 0.476 e. The number of imidazole rings is 1. The average Bonchev–Trinajstić information content (AvgIpc) is 2.68. The van der Waals surface area contributed by atoms with Crippen LogP contribution in [0.4, 0.5) is 0 Å². The molecule has 0 saturated carbocycles. The minimum atomic E-state index is -0.992. The van der Waals surface area contributed by atoms with Gasteiger partial charge < -0.3 is 14.4 Å². The maximum atomic E-state index is 10.7. The van der Waals surface area contributed by atoms with Gasteiger partial charge in [-0.05, 0) is 19.8 Å². The lowest BCUT2D eigenvalue weighted by Crippen LogP contribution is -2.38. The topological polar surface area (TPSA) is 64.4 Å². The number of hydrogen-bond donors (Lipinski definition) is 1. The molecule has 82 valence electrons. The van der Waals surface area contributed by atoms with Crippen LogP contribution in [0.25, 0.3) is 0 Å². The molecular weight excluding hydrogens is 196 g/mol. The summed E-state index contributed by atoms with van der Waals surface area (Å²) in [4.78, 5) is 14.5. The lowest BCUT2D eigenvalue weighted by Gasteiger charge is -2.34. The van der Waals surface area contributed by atoms with Crippen LogP contribution in [0.5, 0.6) is 0 Å². The minimum absolute atomic E-state index is 0.0850. The molecule has 0 spiro atoms. The zero-order valence-corrected chi connectivity index (χ0v) is 8.64. The predicted molar refractivity (Wildman–Crippen MR) is 52.9 cm³/mol. The van der Waals surface area contributed by atoms with Crippen molar-refractivity contribution in [2.24, 2.45) is 0 Å². The van der Waals surface area contributed by atoms with E-state index in [2.05, 4.69) is 11.9 Å². The Kier molecular flexibility index (Phi) is 2.48. The summed E-state index contributed by atoms with van der Waals surface area (Å²) in [6.45, 7) is 3.46. The van der Waals surface area contributed by atoms with Crippen molar-refractivity contribution in [3.63, 3.8) is 0 Å². The van der Waals surface area contributed by atoms with E-state index in [0.717, 1.165) is 19.4 Å². The van der Waals surface area contributed by atoms with E-state index in [4.69, 9.17) is 9.84 Å². The Hall–Kier alpha value is -1.36. The first-order chi connectivity index (χ1) is 7.12. The SMILES string of the molecule is CC1(n2cnc(C(=O)O)c2)CCCOC1. The van der Waals surface area contributed by atoms with Gasteiger partial charge in [0.15, 0.2) is 5.69 Å². The summed E-state index contributed by atoms with van der Waals surface area (Å²) in [5, 5.41) is 8.77. The molecule has 1 N–H and O–H groups in total. The van der Waals surface area contributed by atoms with Crippen LogP contribution in [0.15, 0.2) is 12.5 Å². The van der Waals surface area contributed by atoms with Crippen LogP contribution >= 0.6 is 0 Å². The highest BCUT2D eigenvalue weighted by Crippen LogP contribution is 2.26. The highest BCUT2D eigenvalue weighted by atomic mass is 16.5. The molecule has 1 unspecified atom stereocenters. The van der Waals surface area contributed by atoms with E-state index in [0.29, 0.717) is 6.61 Å². The molecule has 2 heterocycles. The Morgan fingerprint density at radius 3 is 3.07 bits per heavy atom. The Balaban J connectivity index is 2.23. The van der Waals surface area contributed by atoms with E-state index in [-0.39, 0.29) is 11.2 Å². The smallest absolute Gasteiger partial charge is 0.356 e. The predicted octanol–water partition coefficient (Wildman–Crippen LogP) is 1.11. The fourth-order valence-corrected chi connectivity index (χ4v) is 1.85. The fourth-order valence-electron chi connectivity index (χ4n) is 1.85. The summed E-state index contributed by atoms with van der Waals surface area (Å²) in [5.74, 6) is -0.992. The van der Waals surface area contributed by atoms with Gasteiger partial charge in [0.1, 0.15) is 0 Å². The monoisotopic (exact) mass is 210 g/mol. The maximum absolute atomic E-state index is 10.7. The summed E-state index contributed by atoms with van der Waals surface area (Å²) in [6, 6.07) is 0. The maximum Gasteiger partial charge on any atom is 0.356 e. The van der Waals surface area contributed by atoms with Crippen molar-refractivity contribution in [1.82, 2.24) is 9.55 Å². The molecule has 2 rings (SSSR count). The van der Waals surface area contributed by atoms with Crippen molar-refractivity contribution in [1.29, 1.82) is 0 Å². The van der Waals surface area contributed by atoms with E-state index >= 15 is 0 Å². The van der Waals surface area contributed by atoms with E-state index in [1.807, 2.05) is 4.57 Å². The average molecular weight is 210 g/mol. The van der Waals surface area contributed by atoms with Gasteiger partial charge in [0, 0.05) is 12.8 Å². The number of carboxylic acids is 1. The Bertz CT molecular complexity index is 366. The molecule has 0 radical (unpaired) electrons. The molecule has 1 aliphatic rings. The molecule has 0 amide bonds. The molecule has 5 heteroatoms. The van der Waals surface area contributed by atoms with Gasteiger partial charge in [-0.3, -0.25) is 0 Å². The molecule has 0 aromatic carbocycles. The molecular formula is C10H14N2O3. The molecule has 0 bridgehead atoms. The molecule has 15 heavy (non-hydrogen) atoms. The van der Waals surface area contributed by atoms with Gasteiger partial charge in [0.25, 0.3) is 0 Å². The number of aromatic nitrogens is 2. The van der Waals surface area contributed by atoms with E-state index in [1.54, 1.807) is 12.5 Å². The van der Waals surface area contributed by atoms with Crippen LogP contribution in [-0.2, 0) is 10.3 Å². The van der Waals surface area contributed by atoms with Gasteiger partial charge in [0.05, 0.1) is 18.5 Å². The van der Waals surface area contributed by atoms with Gasteiger partial charge in [-0.25, -0.2) is 9.78 Å². The summed E-state index contributed by atoms with van der Waals surface area (Å²) in [7, 11) is 0. The number of aromatic carboxylic acids is 1.